The fourth-order valence-electron chi connectivity index (χ4n) is 3.88. The Morgan fingerprint density at radius 1 is 0.816 bits per heavy atom. The van der Waals surface area contributed by atoms with E-state index >= 15 is 0 Å². The predicted octanol–water partition coefficient (Wildman–Crippen LogP) is 2.92. The third kappa shape index (κ3) is 4.78. The van der Waals surface area contributed by atoms with Gasteiger partial charge in [0.15, 0.2) is 5.65 Å². The Balaban J connectivity index is 1.67. The van der Waals surface area contributed by atoms with Crippen LogP contribution in [0.3, 0.4) is 0 Å². The molecule has 0 amide bonds. The molecular formula is C27H22N4O6S. The Hall–Kier alpha value is -4.77. The molecule has 2 heterocycles. The molecule has 0 aliphatic heterocycles. The van der Waals surface area contributed by atoms with E-state index in [1.165, 1.54) is 11.7 Å². The summed E-state index contributed by atoms with van der Waals surface area (Å²) in [6.07, 6.45) is 2.07. The Morgan fingerprint density at radius 2 is 1.42 bits per heavy atom. The second kappa shape index (κ2) is 9.94. The first kappa shape index (κ1) is 24.9. The zero-order chi connectivity index (χ0) is 26.9. The molecule has 192 valence electrons. The topological polar surface area (TPSA) is 122 Å². The van der Waals surface area contributed by atoms with Crippen molar-refractivity contribution in [1.29, 1.82) is 0 Å². The minimum Gasteiger partial charge on any atom is -0.497 e. The van der Waals surface area contributed by atoms with Crippen molar-refractivity contribution in [3.63, 3.8) is 0 Å². The summed E-state index contributed by atoms with van der Waals surface area (Å²) in [4.78, 5) is 35.1. The number of methoxy groups -OCH3 is 1. The van der Waals surface area contributed by atoms with Crippen molar-refractivity contribution in [3.8, 4) is 22.9 Å². The van der Waals surface area contributed by atoms with Crippen LogP contribution in [0.1, 0.15) is 5.56 Å². The highest BCUT2D eigenvalue weighted by atomic mass is 32.2. The largest absolute Gasteiger partial charge is 0.497 e. The van der Waals surface area contributed by atoms with Crippen molar-refractivity contribution in [2.45, 2.75) is 11.8 Å². The van der Waals surface area contributed by atoms with Crippen LogP contribution in [0.5, 0.6) is 11.5 Å². The summed E-state index contributed by atoms with van der Waals surface area (Å²) in [7, 11) is -2.30. The van der Waals surface area contributed by atoms with Gasteiger partial charge in [0.1, 0.15) is 23.5 Å². The third-order valence-electron chi connectivity index (χ3n) is 5.78. The smallest absolute Gasteiger partial charge is 0.341 e. The number of ether oxygens (including phenoxy) is 2. The number of benzene rings is 3. The van der Waals surface area contributed by atoms with Gasteiger partial charge in [-0.2, -0.15) is 4.98 Å². The molecule has 2 aromatic heterocycles. The molecule has 0 saturated carbocycles. The van der Waals surface area contributed by atoms with Gasteiger partial charge in [-0.3, -0.25) is 4.79 Å². The zero-order valence-electron chi connectivity index (χ0n) is 20.4. The average Bonchev–Trinajstić information content (AvgIpc) is 2.93. The van der Waals surface area contributed by atoms with Crippen molar-refractivity contribution in [3.05, 3.63) is 111 Å². The standard InChI is InChI=1S/C27H22N4O6S/c1-36-21-12-8-20(9-13-21)31-25(32)23-16-28-26(38(2,34)35)29-24(23)30(27(31)33)19-10-14-22(15-11-19)37-17-18-6-4-3-5-7-18/h3-16H,17H2,1-2H3. The van der Waals surface area contributed by atoms with Crippen LogP contribution in [0.25, 0.3) is 22.4 Å². The maximum atomic E-state index is 13.8. The predicted molar refractivity (Wildman–Crippen MR) is 141 cm³/mol. The van der Waals surface area contributed by atoms with Crippen LogP contribution < -0.4 is 20.7 Å². The quantitative estimate of drug-likeness (QED) is 0.295. The zero-order valence-corrected chi connectivity index (χ0v) is 21.3. The summed E-state index contributed by atoms with van der Waals surface area (Å²) < 4.78 is 37.5. The Labute approximate surface area is 217 Å². The minimum atomic E-state index is -3.81. The second-order valence-electron chi connectivity index (χ2n) is 8.39. The molecule has 0 radical (unpaired) electrons. The molecule has 0 aliphatic rings. The van der Waals surface area contributed by atoms with Crippen LogP contribution >= 0.6 is 0 Å². The molecule has 0 aliphatic carbocycles. The lowest BCUT2D eigenvalue weighted by molar-refractivity contribution is 0.306. The molecule has 5 aromatic rings. The highest BCUT2D eigenvalue weighted by Crippen LogP contribution is 2.20. The van der Waals surface area contributed by atoms with Crippen molar-refractivity contribution in [2.75, 3.05) is 13.4 Å². The van der Waals surface area contributed by atoms with Crippen LogP contribution in [0, 0.1) is 0 Å². The number of aromatic nitrogens is 4. The second-order valence-corrected chi connectivity index (χ2v) is 10.3. The number of nitrogens with zero attached hydrogens (tertiary/aromatic N) is 4. The van der Waals surface area contributed by atoms with E-state index in [0.29, 0.717) is 29.5 Å². The Bertz CT molecular complexity index is 1850. The van der Waals surface area contributed by atoms with Gasteiger partial charge in [-0.15, -0.1) is 0 Å². The summed E-state index contributed by atoms with van der Waals surface area (Å²) in [6.45, 7) is 0.357. The van der Waals surface area contributed by atoms with Crippen molar-refractivity contribution in [2.24, 2.45) is 0 Å². The number of hydrogen-bond acceptors (Lipinski definition) is 8. The van der Waals surface area contributed by atoms with Gasteiger partial charge in [0.2, 0.25) is 15.0 Å². The van der Waals surface area contributed by atoms with Crippen LogP contribution in [-0.2, 0) is 16.4 Å². The van der Waals surface area contributed by atoms with E-state index in [0.717, 1.165) is 22.6 Å². The first-order chi connectivity index (χ1) is 18.3. The number of rotatable bonds is 7. The molecule has 11 heteroatoms. The van der Waals surface area contributed by atoms with Gasteiger partial charge in [-0.1, -0.05) is 30.3 Å². The molecule has 0 atom stereocenters. The summed E-state index contributed by atoms with van der Waals surface area (Å²) in [5.74, 6) is 1.11. The first-order valence-corrected chi connectivity index (χ1v) is 13.3. The van der Waals surface area contributed by atoms with E-state index in [2.05, 4.69) is 9.97 Å². The number of hydrogen-bond donors (Lipinski definition) is 0. The van der Waals surface area contributed by atoms with Gasteiger partial charge >= 0.3 is 5.69 Å². The number of fused-ring (bicyclic) bond motifs is 1. The van der Waals surface area contributed by atoms with Crippen molar-refractivity contribution < 1.29 is 17.9 Å². The molecule has 0 unspecified atom stereocenters. The highest BCUT2D eigenvalue weighted by Gasteiger charge is 2.21. The third-order valence-corrected chi connectivity index (χ3v) is 6.64. The van der Waals surface area contributed by atoms with Gasteiger partial charge in [0, 0.05) is 12.5 Å². The molecule has 38 heavy (non-hydrogen) atoms. The molecule has 0 bridgehead atoms. The summed E-state index contributed by atoms with van der Waals surface area (Å²) in [5.41, 5.74) is 0.102. The van der Waals surface area contributed by atoms with E-state index in [9.17, 15) is 18.0 Å². The SMILES string of the molecule is COc1ccc(-n2c(=O)c3cnc(S(C)(=O)=O)nc3n(-c3ccc(OCc4ccccc4)cc3)c2=O)cc1. The van der Waals surface area contributed by atoms with Crippen molar-refractivity contribution in [1.82, 2.24) is 19.1 Å². The Kier molecular flexibility index (Phi) is 6.52. The maximum Gasteiger partial charge on any atom is 0.341 e. The fourth-order valence-corrected chi connectivity index (χ4v) is 4.38. The minimum absolute atomic E-state index is 0.0303. The first-order valence-electron chi connectivity index (χ1n) is 11.4. The number of sulfone groups is 1. The molecule has 0 spiro atoms. The van der Waals surface area contributed by atoms with E-state index in [-0.39, 0.29) is 11.0 Å². The monoisotopic (exact) mass is 530 g/mol. The average molecular weight is 531 g/mol. The molecule has 0 saturated heterocycles. The van der Waals surface area contributed by atoms with E-state index in [1.54, 1.807) is 48.5 Å². The van der Waals surface area contributed by atoms with Crippen LogP contribution in [0.15, 0.2) is 99.8 Å². The maximum absolute atomic E-state index is 13.8. The van der Waals surface area contributed by atoms with Gasteiger partial charge in [0.05, 0.1) is 18.5 Å². The summed E-state index contributed by atoms with van der Waals surface area (Å²) >= 11 is 0. The lowest BCUT2D eigenvalue weighted by atomic mass is 10.2. The molecule has 3 aromatic carbocycles. The van der Waals surface area contributed by atoms with Gasteiger partial charge in [-0.05, 0) is 54.1 Å². The van der Waals surface area contributed by atoms with Crippen LogP contribution in [0.2, 0.25) is 0 Å². The summed E-state index contributed by atoms with van der Waals surface area (Å²) in [6, 6.07) is 22.7. The van der Waals surface area contributed by atoms with E-state index in [4.69, 9.17) is 9.47 Å². The van der Waals surface area contributed by atoms with E-state index < -0.39 is 26.2 Å². The Morgan fingerprint density at radius 3 is 2.03 bits per heavy atom. The fraction of sp³-hybridized carbons (Fsp3) is 0.111. The van der Waals surface area contributed by atoms with Crippen LogP contribution in [-0.4, -0.2) is 40.9 Å². The normalized spacial score (nSPS) is 11.4. The van der Waals surface area contributed by atoms with Gasteiger partial charge in [0.25, 0.3) is 5.56 Å². The molecule has 0 N–H and O–H groups in total. The van der Waals surface area contributed by atoms with Crippen molar-refractivity contribution >= 4 is 20.9 Å². The summed E-state index contributed by atoms with van der Waals surface area (Å²) in [5, 5.41) is -0.528. The molecule has 0 fully saturated rings. The lowest BCUT2D eigenvalue weighted by Crippen LogP contribution is -2.39. The van der Waals surface area contributed by atoms with Gasteiger partial charge < -0.3 is 9.47 Å². The molecular weight excluding hydrogens is 508 g/mol. The van der Waals surface area contributed by atoms with E-state index in [1.807, 2.05) is 30.3 Å². The van der Waals surface area contributed by atoms with Gasteiger partial charge in [-0.25, -0.2) is 27.3 Å². The lowest BCUT2D eigenvalue weighted by Gasteiger charge is -2.15. The molecule has 10 nitrogen and oxygen atoms in total. The molecule has 5 rings (SSSR count). The highest BCUT2D eigenvalue weighted by molar-refractivity contribution is 7.90. The van der Waals surface area contributed by atoms with Crippen LogP contribution in [0.4, 0.5) is 0 Å².